The highest BCUT2D eigenvalue weighted by Crippen LogP contribution is 2.18. The van der Waals surface area contributed by atoms with Crippen LogP contribution in [0.5, 0.6) is 5.75 Å². The van der Waals surface area contributed by atoms with Crippen LogP contribution in [0.4, 0.5) is 5.82 Å². The van der Waals surface area contributed by atoms with Gasteiger partial charge in [0.15, 0.2) is 0 Å². The molecular formula is C26H32N4O3. The maximum absolute atomic E-state index is 12.4. The maximum atomic E-state index is 12.4. The monoisotopic (exact) mass is 448 g/mol. The van der Waals surface area contributed by atoms with E-state index < -0.39 is 6.10 Å². The number of carbonyl (C=O) groups excluding carboxylic acids is 1. The number of carbonyl (C=O) groups is 1. The molecule has 0 saturated heterocycles. The molecule has 7 nitrogen and oxygen atoms in total. The topological polar surface area (TPSA) is 120 Å². The second-order valence-corrected chi connectivity index (χ2v) is 8.88. The Labute approximate surface area is 194 Å². The number of aliphatic hydroxyl groups excluding tert-OH is 1. The van der Waals surface area contributed by atoms with Crippen molar-refractivity contribution >= 4 is 11.7 Å². The molecule has 0 aliphatic rings. The predicted molar refractivity (Wildman–Crippen MR) is 129 cm³/mol. The van der Waals surface area contributed by atoms with Crippen LogP contribution in [0.25, 0.3) is 0 Å². The summed E-state index contributed by atoms with van der Waals surface area (Å²) in [5, 5.41) is 26.5. The lowest BCUT2D eigenvalue weighted by molar-refractivity contribution is -0.120. The largest absolute Gasteiger partial charge is 0.508 e. The number of β-amino-alcohol motifs (C(OH)–C–C–N with tert-alkyl or cyclic N) is 1. The summed E-state index contributed by atoms with van der Waals surface area (Å²) in [5.74, 6) is 0.492. The fraction of sp³-hybridized carbons (Fsp3) is 0.308. The summed E-state index contributed by atoms with van der Waals surface area (Å²) >= 11 is 0. The van der Waals surface area contributed by atoms with Gasteiger partial charge in [0, 0.05) is 36.0 Å². The van der Waals surface area contributed by atoms with E-state index in [0.29, 0.717) is 23.5 Å². The molecule has 33 heavy (non-hydrogen) atoms. The van der Waals surface area contributed by atoms with E-state index in [-0.39, 0.29) is 30.2 Å². The standard InChI is InChI=1S/C26H32N4O3/c1-26(2,30-17-23(32)21-10-11-24(27)28-15-21)14-19-7-5-6-18(12-19)13-25(33)29-16-20-8-3-4-9-22(20)31/h3-12,15,23,30-32H,13-14,16-17H2,1-2H3,(H2,27,28)(H,29,33)/t23-/m0/s1. The highest BCUT2D eigenvalue weighted by atomic mass is 16.3. The summed E-state index contributed by atoms with van der Waals surface area (Å²) in [6, 6.07) is 18.4. The molecule has 3 aromatic rings. The minimum atomic E-state index is -0.684. The molecule has 0 saturated carbocycles. The van der Waals surface area contributed by atoms with Crippen molar-refractivity contribution in [1.29, 1.82) is 0 Å². The summed E-state index contributed by atoms with van der Waals surface area (Å²) < 4.78 is 0. The van der Waals surface area contributed by atoms with Gasteiger partial charge in [0.2, 0.25) is 5.91 Å². The molecule has 0 aliphatic carbocycles. The maximum Gasteiger partial charge on any atom is 0.224 e. The number of nitrogen functional groups attached to an aromatic ring is 1. The first-order chi connectivity index (χ1) is 15.7. The molecule has 1 aromatic heterocycles. The number of hydrogen-bond donors (Lipinski definition) is 5. The number of aromatic hydroxyl groups is 1. The quantitative estimate of drug-likeness (QED) is 0.325. The molecule has 0 spiro atoms. The Morgan fingerprint density at radius 3 is 2.58 bits per heavy atom. The molecule has 7 heteroatoms. The Morgan fingerprint density at radius 2 is 1.85 bits per heavy atom. The first kappa shape index (κ1) is 24.2. The van der Waals surface area contributed by atoms with Crippen molar-refractivity contribution < 1.29 is 15.0 Å². The Hall–Kier alpha value is -3.42. The van der Waals surface area contributed by atoms with E-state index in [2.05, 4.69) is 29.5 Å². The predicted octanol–water partition coefficient (Wildman–Crippen LogP) is 2.87. The average Bonchev–Trinajstić information content (AvgIpc) is 2.77. The molecule has 0 aliphatic heterocycles. The van der Waals surface area contributed by atoms with Gasteiger partial charge in [-0.15, -0.1) is 0 Å². The minimum absolute atomic E-state index is 0.104. The van der Waals surface area contributed by atoms with Crippen LogP contribution in [0.1, 0.15) is 42.2 Å². The normalized spacial score (nSPS) is 12.3. The second kappa shape index (κ2) is 10.9. The van der Waals surface area contributed by atoms with Crippen LogP contribution in [0.2, 0.25) is 0 Å². The fourth-order valence-corrected chi connectivity index (χ4v) is 3.63. The molecule has 1 amide bonds. The zero-order valence-electron chi connectivity index (χ0n) is 19.1. The average molecular weight is 449 g/mol. The minimum Gasteiger partial charge on any atom is -0.508 e. The number of aromatic nitrogens is 1. The van der Waals surface area contributed by atoms with Gasteiger partial charge < -0.3 is 26.6 Å². The third-order valence-corrected chi connectivity index (χ3v) is 5.44. The molecule has 3 rings (SSSR count). The van der Waals surface area contributed by atoms with Crippen molar-refractivity contribution in [3.63, 3.8) is 0 Å². The van der Waals surface area contributed by atoms with Gasteiger partial charge in [0.05, 0.1) is 12.5 Å². The first-order valence-electron chi connectivity index (χ1n) is 11.0. The van der Waals surface area contributed by atoms with Crippen molar-refractivity contribution in [2.45, 2.75) is 44.9 Å². The van der Waals surface area contributed by atoms with Crippen LogP contribution in [-0.4, -0.2) is 33.2 Å². The number of anilines is 1. The number of rotatable bonds is 10. The van der Waals surface area contributed by atoms with Crippen molar-refractivity contribution in [2.24, 2.45) is 0 Å². The second-order valence-electron chi connectivity index (χ2n) is 8.88. The number of phenolic OH excluding ortho intramolecular Hbond substituents is 1. The number of benzene rings is 2. The smallest absolute Gasteiger partial charge is 0.224 e. The van der Waals surface area contributed by atoms with Crippen molar-refractivity contribution in [2.75, 3.05) is 12.3 Å². The van der Waals surface area contributed by atoms with Gasteiger partial charge in [-0.2, -0.15) is 0 Å². The summed E-state index contributed by atoms with van der Waals surface area (Å²) in [5.41, 5.74) is 8.75. The van der Waals surface area contributed by atoms with E-state index in [4.69, 9.17) is 5.73 Å². The SMILES string of the molecule is CC(C)(Cc1cccc(CC(=O)NCc2ccccc2O)c1)NC[C@H](O)c1ccc(N)nc1. The fourth-order valence-electron chi connectivity index (χ4n) is 3.63. The third-order valence-electron chi connectivity index (χ3n) is 5.44. The molecule has 0 bridgehead atoms. The third kappa shape index (κ3) is 7.59. The molecule has 1 atom stereocenters. The number of phenols is 1. The Kier molecular flexibility index (Phi) is 8.03. The van der Waals surface area contributed by atoms with E-state index >= 15 is 0 Å². The van der Waals surface area contributed by atoms with Gasteiger partial charge in [-0.1, -0.05) is 48.5 Å². The highest BCUT2D eigenvalue weighted by Gasteiger charge is 2.20. The van der Waals surface area contributed by atoms with Crippen LogP contribution in [0, 0.1) is 0 Å². The van der Waals surface area contributed by atoms with Crippen LogP contribution >= 0.6 is 0 Å². The van der Waals surface area contributed by atoms with E-state index in [1.807, 2.05) is 30.3 Å². The van der Waals surface area contributed by atoms with Gasteiger partial charge in [-0.3, -0.25) is 4.79 Å². The Bertz CT molecular complexity index is 1070. The summed E-state index contributed by atoms with van der Waals surface area (Å²) in [6.45, 7) is 4.82. The lowest BCUT2D eigenvalue weighted by Gasteiger charge is -2.28. The lowest BCUT2D eigenvalue weighted by atomic mass is 9.93. The van der Waals surface area contributed by atoms with Gasteiger partial charge >= 0.3 is 0 Å². The summed E-state index contributed by atoms with van der Waals surface area (Å²) in [6.07, 6.45) is 1.89. The molecular weight excluding hydrogens is 416 g/mol. The molecule has 1 heterocycles. The van der Waals surface area contributed by atoms with Gasteiger partial charge in [0.25, 0.3) is 0 Å². The van der Waals surface area contributed by atoms with Crippen LogP contribution < -0.4 is 16.4 Å². The van der Waals surface area contributed by atoms with Gasteiger partial charge in [-0.25, -0.2) is 4.98 Å². The van der Waals surface area contributed by atoms with E-state index in [9.17, 15) is 15.0 Å². The zero-order valence-corrected chi connectivity index (χ0v) is 19.1. The number of nitrogens with two attached hydrogens (primary N) is 1. The van der Waals surface area contributed by atoms with Crippen molar-refractivity contribution in [1.82, 2.24) is 15.6 Å². The van der Waals surface area contributed by atoms with Crippen LogP contribution in [0.3, 0.4) is 0 Å². The van der Waals surface area contributed by atoms with Crippen molar-refractivity contribution in [3.8, 4) is 5.75 Å². The molecule has 0 fully saturated rings. The number of aliphatic hydroxyl groups is 1. The molecule has 0 unspecified atom stereocenters. The Balaban J connectivity index is 1.52. The highest BCUT2D eigenvalue weighted by molar-refractivity contribution is 5.78. The molecule has 0 radical (unpaired) electrons. The van der Waals surface area contributed by atoms with Crippen LogP contribution in [0.15, 0.2) is 66.9 Å². The number of hydrogen-bond acceptors (Lipinski definition) is 6. The number of pyridine rings is 1. The molecule has 6 N–H and O–H groups in total. The van der Waals surface area contributed by atoms with E-state index in [1.54, 1.807) is 36.5 Å². The first-order valence-corrected chi connectivity index (χ1v) is 11.0. The van der Waals surface area contributed by atoms with E-state index in [0.717, 1.165) is 17.5 Å². The van der Waals surface area contributed by atoms with Crippen LogP contribution in [-0.2, 0) is 24.2 Å². The number of nitrogens with one attached hydrogen (secondary N) is 2. The van der Waals surface area contributed by atoms with E-state index in [1.165, 1.54) is 0 Å². The van der Waals surface area contributed by atoms with Gasteiger partial charge in [-0.05, 0) is 43.5 Å². The zero-order chi connectivity index (χ0) is 23.8. The Morgan fingerprint density at radius 1 is 1.09 bits per heavy atom. The lowest BCUT2D eigenvalue weighted by Crippen LogP contribution is -2.43. The summed E-state index contributed by atoms with van der Waals surface area (Å²) in [7, 11) is 0. The van der Waals surface area contributed by atoms with Crippen molar-refractivity contribution in [3.05, 3.63) is 89.1 Å². The molecule has 2 aromatic carbocycles. The molecule has 174 valence electrons. The number of amides is 1. The summed E-state index contributed by atoms with van der Waals surface area (Å²) in [4.78, 5) is 16.4. The number of para-hydroxylation sites is 1. The number of nitrogens with zero attached hydrogens (tertiary/aromatic N) is 1. The van der Waals surface area contributed by atoms with Gasteiger partial charge in [0.1, 0.15) is 11.6 Å².